The average Bonchev–Trinajstić information content (AvgIpc) is 3.09. The van der Waals surface area contributed by atoms with Crippen LogP contribution >= 0.6 is 0 Å². The van der Waals surface area contributed by atoms with Gasteiger partial charge in [-0.3, -0.25) is 4.79 Å². The second-order valence-electron chi connectivity index (χ2n) is 7.03. The van der Waals surface area contributed by atoms with Gasteiger partial charge in [0.1, 0.15) is 5.82 Å². The third kappa shape index (κ3) is 5.55. The fourth-order valence-electron chi connectivity index (χ4n) is 3.51. The Morgan fingerprint density at radius 3 is 2.44 bits per heavy atom. The number of aliphatic hydroxyl groups is 1. The van der Waals surface area contributed by atoms with Gasteiger partial charge < -0.3 is 19.6 Å². The van der Waals surface area contributed by atoms with Crippen molar-refractivity contribution >= 4 is 11.7 Å². The largest absolute Gasteiger partial charge is 0.394 e. The van der Waals surface area contributed by atoms with Crippen molar-refractivity contribution < 1.29 is 27.8 Å². The van der Waals surface area contributed by atoms with E-state index in [2.05, 4.69) is 4.98 Å². The van der Waals surface area contributed by atoms with E-state index in [1.165, 1.54) is 12.3 Å². The Balaban J connectivity index is 1.46. The molecule has 9 heteroatoms. The van der Waals surface area contributed by atoms with Crippen molar-refractivity contribution in [3.63, 3.8) is 0 Å². The van der Waals surface area contributed by atoms with Crippen LogP contribution in [0.25, 0.3) is 0 Å². The van der Waals surface area contributed by atoms with Gasteiger partial charge in [-0.15, -0.1) is 0 Å². The third-order valence-electron chi connectivity index (χ3n) is 4.97. The molecular formula is C18H24F3N3O3. The van der Waals surface area contributed by atoms with Crippen molar-refractivity contribution in [1.82, 2.24) is 9.88 Å². The molecule has 2 fully saturated rings. The molecule has 1 N–H and O–H groups in total. The molecule has 2 saturated heterocycles. The van der Waals surface area contributed by atoms with E-state index < -0.39 is 12.6 Å². The first kappa shape index (κ1) is 19.9. The van der Waals surface area contributed by atoms with E-state index in [9.17, 15) is 18.0 Å². The number of anilines is 1. The minimum absolute atomic E-state index is 0.0157. The van der Waals surface area contributed by atoms with Crippen LogP contribution in [0.5, 0.6) is 0 Å². The van der Waals surface area contributed by atoms with Gasteiger partial charge in [-0.2, -0.15) is 13.2 Å². The van der Waals surface area contributed by atoms with Crippen molar-refractivity contribution in [3.8, 4) is 0 Å². The number of piperazine rings is 1. The lowest BCUT2D eigenvalue weighted by atomic mass is 10.1. The minimum atomic E-state index is -4.24. The first-order valence-electron chi connectivity index (χ1n) is 9.15. The van der Waals surface area contributed by atoms with Crippen LogP contribution in [0.15, 0.2) is 18.3 Å². The maximum absolute atomic E-state index is 12.4. The number of amides is 1. The number of aromatic nitrogens is 1. The van der Waals surface area contributed by atoms with E-state index in [1.807, 2.05) is 4.90 Å². The molecule has 27 heavy (non-hydrogen) atoms. The Bertz CT molecular complexity index is 631. The van der Waals surface area contributed by atoms with Gasteiger partial charge in [-0.25, -0.2) is 4.98 Å². The van der Waals surface area contributed by atoms with E-state index in [1.54, 1.807) is 11.0 Å². The first-order chi connectivity index (χ1) is 12.8. The second kappa shape index (κ2) is 8.43. The molecule has 1 aromatic heterocycles. The highest BCUT2D eigenvalue weighted by molar-refractivity contribution is 5.77. The monoisotopic (exact) mass is 387 g/mol. The van der Waals surface area contributed by atoms with E-state index in [-0.39, 0.29) is 30.3 Å². The predicted molar refractivity (Wildman–Crippen MR) is 92.4 cm³/mol. The Morgan fingerprint density at radius 2 is 1.89 bits per heavy atom. The molecule has 150 valence electrons. The van der Waals surface area contributed by atoms with Crippen LogP contribution in [-0.4, -0.2) is 72.1 Å². The molecule has 0 bridgehead atoms. The topological polar surface area (TPSA) is 65.9 Å². The number of carbonyl (C=O) groups is 1. The van der Waals surface area contributed by atoms with Gasteiger partial charge in [0.25, 0.3) is 0 Å². The van der Waals surface area contributed by atoms with Gasteiger partial charge >= 0.3 is 6.18 Å². The van der Waals surface area contributed by atoms with Crippen molar-refractivity contribution in [2.45, 2.75) is 44.1 Å². The maximum atomic E-state index is 12.4. The van der Waals surface area contributed by atoms with Crippen molar-refractivity contribution in [3.05, 3.63) is 23.9 Å². The van der Waals surface area contributed by atoms with Crippen LogP contribution in [0.3, 0.4) is 0 Å². The van der Waals surface area contributed by atoms with Gasteiger partial charge in [0.05, 0.1) is 31.7 Å². The van der Waals surface area contributed by atoms with E-state index in [0.717, 1.165) is 12.8 Å². The molecule has 3 heterocycles. The number of hydrogen-bond acceptors (Lipinski definition) is 5. The normalized spacial score (nSPS) is 23.7. The smallest absolute Gasteiger partial charge is 0.393 e. The van der Waals surface area contributed by atoms with E-state index >= 15 is 0 Å². The molecule has 2 unspecified atom stereocenters. The number of rotatable bonds is 5. The molecular weight excluding hydrogens is 363 g/mol. The summed E-state index contributed by atoms with van der Waals surface area (Å²) in [5, 5.41) is 9.09. The molecule has 1 amide bonds. The highest BCUT2D eigenvalue weighted by Crippen LogP contribution is 2.24. The van der Waals surface area contributed by atoms with Crippen molar-refractivity contribution in [2.75, 3.05) is 37.7 Å². The molecule has 1 aromatic rings. The van der Waals surface area contributed by atoms with Gasteiger partial charge in [0, 0.05) is 32.4 Å². The molecule has 0 saturated carbocycles. The molecule has 0 aromatic carbocycles. The Hall–Kier alpha value is -1.87. The van der Waals surface area contributed by atoms with Gasteiger partial charge in [-0.1, -0.05) is 6.07 Å². The fourth-order valence-corrected chi connectivity index (χ4v) is 3.51. The number of ether oxygens (including phenoxy) is 1. The molecule has 0 spiro atoms. The number of pyridine rings is 1. The third-order valence-corrected chi connectivity index (χ3v) is 4.97. The molecule has 2 aliphatic heterocycles. The summed E-state index contributed by atoms with van der Waals surface area (Å²) in [6.07, 6.45) is -2.38. The molecule has 3 rings (SSSR count). The zero-order valence-corrected chi connectivity index (χ0v) is 15.0. The Labute approximate surface area is 155 Å². The zero-order chi connectivity index (χ0) is 19.4. The number of nitrogens with zero attached hydrogens (tertiary/aromatic N) is 3. The van der Waals surface area contributed by atoms with E-state index in [0.29, 0.717) is 38.4 Å². The molecule has 6 nitrogen and oxygen atoms in total. The number of aliphatic hydroxyl groups excluding tert-OH is 1. The summed E-state index contributed by atoms with van der Waals surface area (Å²) in [5.41, 5.74) is 0.137. The van der Waals surface area contributed by atoms with Crippen molar-refractivity contribution in [1.29, 1.82) is 0 Å². The number of hydrogen-bond donors (Lipinski definition) is 1. The lowest BCUT2D eigenvalue weighted by Gasteiger charge is -2.35. The average molecular weight is 387 g/mol. The highest BCUT2D eigenvalue weighted by Gasteiger charge is 2.30. The lowest BCUT2D eigenvalue weighted by Crippen LogP contribution is -2.49. The Kier molecular flexibility index (Phi) is 6.21. The summed E-state index contributed by atoms with van der Waals surface area (Å²) < 4.78 is 42.8. The molecule has 0 radical (unpaired) electrons. The number of halogens is 3. The Morgan fingerprint density at radius 1 is 1.19 bits per heavy atom. The second-order valence-corrected chi connectivity index (χ2v) is 7.03. The van der Waals surface area contributed by atoms with Crippen LogP contribution in [0.4, 0.5) is 19.0 Å². The molecule has 2 atom stereocenters. The first-order valence-corrected chi connectivity index (χ1v) is 9.15. The summed E-state index contributed by atoms with van der Waals surface area (Å²) in [7, 11) is 0. The maximum Gasteiger partial charge on any atom is 0.393 e. The summed E-state index contributed by atoms with van der Waals surface area (Å²) in [6, 6.07) is 3.04. The highest BCUT2D eigenvalue weighted by atomic mass is 19.4. The standard InChI is InChI=1S/C18H24F3N3O3/c19-18(20,21)10-13-1-4-16(22-11-13)23-5-7-24(8-6-23)17(26)9-14-2-3-15(12-25)27-14/h1,4,11,14-15,25H,2-3,5-10,12H2. The summed E-state index contributed by atoms with van der Waals surface area (Å²) >= 11 is 0. The number of alkyl halides is 3. The predicted octanol–water partition coefficient (Wildman–Crippen LogP) is 1.77. The summed E-state index contributed by atoms with van der Waals surface area (Å²) in [5.74, 6) is 0.657. The van der Waals surface area contributed by atoms with E-state index in [4.69, 9.17) is 9.84 Å². The lowest BCUT2D eigenvalue weighted by molar-refractivity contribution is -0.134. The van der Waals surface area contributed by atoms with Crippen LogP contribution in [-0.2, 0) is 16.0 Å². The fraction of sp³-hybridized carbons (Fsp3) is 0.667. The van der Waals surface area contributed by atoms with Gasteiger partial charge in [0.15, 0.2) is 0 Å². The molecule has 0 aliphatic carbocycles. The SMILES string of the molecule is O=C(CC1CCC(CO)O1)N1CCN(c2ccc(CC(F)(F)F)cn2)CC1. The van der Waals surface area contributed by atoms with Gasteiger partial charge in [0.2, 0.25) is 5.91 Å². The van der Waals surface area contributed by atoms with Gasteiger partial charge in [-0.05, 0) is 24.5 Å². The van der Waals surface area contributed by atoms with Crippen LogP contribution in [0.2, 0.25) is 0 Å². The van der Waals surface area contributed by atoms with Crippen LogP contribution in [0, 0.1) is 0 Å². The minimum Gasteiger partial charge on any atom is -0.394 e. The quantitative estimate of drug-likeness (QED) is 0.834. The zero-order valence-electron chi connectivity index (χ0n) is 15.0. The number of carbonyl (C=O) groups excluding carboxylic acids is 1. The summed E-state index contributed by atoms with van der Waals surface area (Å²) in [6.45, 7) is 2.24. The molecule has 2 aliphatic rings. The summed E-state index contributed by atoms with van der Waals surface area (Å²) in [4.78, 5) is 20.3. The van der Waals surface area contributed by atoms with Crippen LogP contribution < -0.4 is 4.90 Å². The van der Waals surface area contributed by atoms with Crippen LogP contribution in [0.1, 0.15) is 24.8 Å². The van der Waals surface area contributed by atoms with Crippen molar-refractivity contribution in [2.24, 2.45) is 0 Å².